The number of rotatable bonds is 4. The Morgan fingerprint density at radius 2 is 0.708 bits per heavy atom. The van der Waals surface area contributed by atoms with E-state index in [1.807, 2.05) is 24.3 Å². The molecule has 0 aliphatic carbocycles. The van der Waals surface area contributed by atoms with Crippen molar-refractivity contribution < 1.29 is 63.0 Å². The van der Waals surface area contributed by atoms with Gasteiger partial charge in [-0.25, -0.2) is 0 Å². The van der Waals surface area contributed by atoms with Crippen molar-refractivity contribution in [2.45, 2.75) is 12.3 Å². The summed E-state index contributed by atoms with van der Waals surface area (Å²) >= 11 is 0. The van der Waals surface area contributed by atoms with E-state index in [0.29, 0.717) is 12.6 Å². The molecule has 0 bridgehead atoms. The Bertz CT molecular complexity index is 1430. The standard InChI is InChI=1S/2C11H16N2O.2C7H6O2.2Ni/c2*1-12-7-8-13(2)11(12)9-5-3-4-6-10(9)14;2*8-5-6-3-1-2-4-7(6)9;;/h2*3-6,11,14H,7-8H2,1-2H3;2*1-5,9H;;/q;;;;2*+2/p-4. The van der Waals surface area contributed by atoms with Crippen molar-refractivity contribution in [1.82, 2.24) is 19.6 Å². The van der Waals surface area contributed by atoms with Crippen LogP contribution in [0.5, 0.6) is 23.0 Å². The van der Waals surface area contributed by atoms with Crippen LogP contribution >= 0.6 is 0 Å². The Morgan fingerprint density at radius 3 is 0.938 bits per heavy atom. The average molecular weight is 742 g/mol. The summed E-state index contributed by atoms with van der Waals surface area (Å²) in [5.74, 6) is -0.156. The molecule has 2 saturated heterocycles. The first-order valence-electron chi connectivity index (χ1n) is 14.8. The maximum atomic E-state index is 11.6. The van der Waals surface area contributed by atoms with Gasteiger partial charge in [-0.1, -0.05) is 109 Å². The zero-order valence-corrected chi connectivity index (χ0v) is 29.2. The van der Waals surface area contributed by atoms with E-state index in [9.17, 15) is 30.0 Å². The van der Waals surface area contributed by atoms with Crippen LogP contribution in [-0.2, 0) is 33.0 Å². The minimum atomic E-state index is -0.215. The van der Waals surface area contributed by atoms with Gasteiger partial charge in [0.2, 0.25) is 0 Å². The molecule has 260 valence electrons. The number of hydrogen-bond donors (Lipinski definition) is 0. The zero-order valence-electron chi connectivity index (χ0n) is 27.2. The predicted molar refractivity (Wildman–Crippen MR) is 170 cm³/mol. The van der Waals surface area contributed by atoms with E-state index in [-0.39, 0.29) is 79.4 Å². The van der Waals surface area contributed by atoms with Crippen LogP contribution in [0.3, 0.4) is 0 Å². The van der Waals surface area contributed by atoms with E-state index in [4.69, 9.17) is 0 Å². The maximum absolute atomic E-state index is 11.6. The molecule has 0 spiro atoms. The fourth-order valence-corrected chi connectivity index (χ4v) is 5.29. The van der Waals surface area contributed by atoms with Gasteiger partial charge in [0, 0.05) is 37.3 Å². The van der Waals surface area contributed by atoms with Crippen molar-refractivity contribution in [3.8, 4) is 23.0 Å². The van der Waals surface area contributed by atoms with Crippen LogP contribution in [0.2, 0.25) is 0 Å². The Balaban J connectivity index is 0.000000323. The molecule has 0 aromatic heterocycles. The van der Waals surface area contributed by atoms with Gasteiger partial charge in [-0.15, -0.1) is 11.5 Å². The molecule has 0 atom stereocenters. The summed E-state index contributed by atoms with van der Waals surface area (Å²) in [6.45, 7) is 4.09. The van der Waals surface area contributed by atoms with Crippen molar-refractivity contribution >= 4 is 12.6 Å². The van der Waals surface area contributed by atoms with Gasteiger partial charge in [0.1, 0.15) is 12.6 Å². The molecular formula is C36H40N4Ni2O6. The van der Waals surface area contributed by atoms with Crippen LogP contribution < -0.4 is 20.4 Å². The van der Waals surface area contributed by atoms with Crippen molar-refractivity contribution in [1.29, 1.82) is 0 Å². The number of carbonyl (C=O) groups excluding carboxylic acids is 2. The Kier molecular flexibility index (Phi) is 18.7. The van der Waals surface area contributed by atoms with Gasteiger partial charge in [0.25, 0.3) is 0 Å². The first kappa shape index (κ1) is 42.3. The minimum Gasteiger partial charge on any atom is -0.872 e. The molecule has 0 saturated carbocycles. The second kappa shape index (κ2) is 21.3. The summed E-state index contributed by atoms with van der Waals surface area (Å²) in [6, 6.07) is 26.8. The molecule has 0 radical (unpaired) electrons. The van der Waals surface area contributed by atoms with Gasteiger partial charge in [-0.2, -0.15) is 0 Å². The van der Waals surface area contributed by atoms with Crippen LogP contribution in [0.15, 0.2) is 97.1 Å². The quantitative estimate of drug-likeness (QED) is 0.227. The Morgan fingerprint density at radius 1 is 0.458 bits per heavy atom. The molecule has 10 nitrogen and oxygen atoms in total. The molecule has 48 heavy (non-hydrogen) atoms. The molecule has 12 heteroatoms. The monoisotopic (exact) mass is 740 g/mol. The molecule has 0 amide bonds. The number of para-hydroxylation sites is 4. The smallest absolute Gasteiger partial charge is 0.872 e. The topological polar surface area (TPSA) is 139 Å². The summed E-state index contributed by atoms with van der Waals surface area (Å²) in [7, 11) is 8.22. The van der Waals surface area contributed by atoms with Crippen molar-refractivity contribution in [3.63, 3.8) is 0 Å². The first-order valence-corrected chi connectivity index (χ1v) is 14.8. The van der Waals surface area contributed by atoms with Crippen molar-refractivity contribution in [3.05, 3.63) is 119 Å². The summed E-state index contributed by atoms with van der Waals surface area (Å²) in [5.41, 5.74) is 2.21. The van der Waals surface area contributed by atoms with Crippen LogP contribution in [0.4, 0.5) is 0 Å². The van der Waals surface area contributed by atoms with Gasteiger partial charge in [0.15, 0.2) is 0 Å². The average Bonchev–Trinajstić information content (AvgIpc) is 3.57. The largest absolute Gasteiger partial charge is 2.00 e. The van der Waals surface area contributed by atoms with Crippen LogP contribution in [-0.4, -0.2) is 86.5 Å². The van der Waals surface area contributed by atoms with Gasteiger partial charge in [-0.05, 0) is 39.3 Å². The molecule has 2 aliphatic rings. The summed E-state index contributed by atoms with van der Waals surface area (Å²) in [5, 5.41) is 44.5. The second-order valence-corrected chi connectivity index (χ2v) is 11.1. The van der Waals surface area contributed by atoms with E-state index in [0.717, 1.165) is 37.3 Å². The number of hydrogen-bond acceptors (Lipinski definition) is 10. The molecule has 2 heterocycles. The molecule has 4 aromatic rings. The van der Waals surface area contributed by atoms with E-state index in [1.165, 1.54) is 24.3 Å². The van der Waals surface area contributed by atoms with E-state index in [1.54, 1.807) is 48.5 Å². The number of benzene rings is 4. The number of aldehydes is 2. The number of nitrogens with zero attached hydrogens (tertiary/aromatic N) is 4. The molecule has 2 fully saturated rings. The maximum Gasteiger partial charge on any atom is 2.00 e. The van der Waals surface area contributed by atoms with Crippen LogP contribution in [0.25, 0.3) is 0 Å². The first-order chi connectivity index (χ1) is 22.1. The molecule has 0 N–H and O–H groups in total. The van der Waals surface area contributed by atoms with Crippen molar-refractivity contribution in [2.24, 2.45) is 0 Å². The molecule has 6 rings (SSSR count). The second-order valence-electron chi connectivity index (χ2n) is 11.1. The molecule has 2 aliphatic heterocycles. The normalized spacial score (nSPS) is 15.2. The predicted octanol–water partition coefficient (Wildman–Crippen LogP) is 2.41. The van der Waals surface area contributed by atoms with Crippen molar-refractivity contribution in [2.75, 3.05) is 54.4 Å². The fourth-order valence-electron chi connectivity index (χ4n) is 5.29. The minimum absolute atomic E-state index is 0. The summed E-state index contributed by atoms with van der Waals surface area (Å²) in [4.78, 5) is 28.9. The molecular weight excluding hydrogens is 702 g/mol. The van der Waals surface area contributed by atoms with Gasteiger partial charge in [0.05, 0.1) is 12.3 Å². The Hall–Kier alpha value is -3.75. The summed E-state index contributed by atoms with van der Waals surface area (Å²) in [6.07, 6.45) is 1.43. The van der Waals surface area contributed by atoms with E-state index >= 15 is 0 Å². The molecule has 0 unspecified atom stereocenters. The summed E-state index contributed by atoms with van der Waals surface area (Å²) < 4.78 is 0. The third kappa shape index (κ3) is 11.7. The third-order valence-electron chi connectivity index (χ3n) is 7.77. The number of carbonyl (C=O) groups is 2. The van der Waals surface area contributed by atoms with Gasteiger partial charge < -0.3 is 20.4 Å². The van der Waals surface area contributed by atoms with Gasteiger partial charge >= 0.3 is 33.0 Å². The number of likely N-dealkylation sites (N-methyl/N-ethyl adjacent to an activating group) is 4. The zero-order chi connectivity index (χ0) is 33.6. The molecule has 4 aromatic carbocycles. The third-order valence-corrected chi connectivity index (χ3v) is 7.77. The Labute approximate surface area is 303 Å². The van der Waals surface area contributed by atoms with Crippen LogP contribution in [0.1, 0.15) is 44.2 Å². The van der Waals surface area contributed by atoms with E-state index in [2.05, 4.69) is 47.8 Å². The van der Waals surface area contributed by atoms with E-state index < -0.39 is 0 Å². The SMILES string of the molecule is CN1CCN(C)C1c1ccccc1[O-].CN1CCN(C)C1c1ccccc1[O-].O=Cc1ccccc1[O-].O=Cc1ccccc1[O-].[Ni+2].[Ni+2]. The fraction of sp³-hybridized carbons (Fsp3) is 0.278. The van der Waals surface area contributed by atoms with Crippen LogP contribution in [0, 0.1) is 0 Å². The van der Waals surface area contributed by atoms with Gasteiger partial charge in [-0.3, -0.25) is 29.2 Å².